The normalized spacial score (nSPS) is 31.3. The molecule has 0 heterocycles. The smallest absolute Gasteiger partial charge is 0.303 e. The zero-order valence-electron chi connectivity index (χ0n) is 17.2. The number of unbranched alkanes of at least 4 members (excludes halogenated alkanes) is 1. The van der Waals surface area contributed by atoms with E-state index in [9.17, 15) is 15.0 Å². The Morgan fingerprint density at radius 3 is 2.59 bits per heavy atom. The van der Waals surface area contributed by atoms with Crippen molar-refractivity contribution >= 4 is 5.97 Å². The van der Waals surface area contributed by atoms with E-state index in [0.29, 0.717) is 24.7 Å². The number of fused-ring (bicyclic) bond motifs is 1. The van der Waals surface area contributed by atoms with Gasteiger partial charge in [0, 0.05) is 18.9 Å². The molecule has 3 N–H and O–H groups in total. The molecule has 0 radical (unpaired) electrons. The van der Waals surface area contributed by atoms with E-state index in [1.165, 1.54) is 12.8 Å². The molecule has 2 saturated carbocycles. The molecule has 0 aliphatic heterocycles. The van der Waals surface area contributed by atoms with Crippen LogP contribution in [0.4, 0.5) is 0 Å². The van der Waals surface area contributed by atoms with Crippen molar-refractivity contribution in [2.75, 3.05) is 6.61 Å². The molecule has 0 bridgehead atoms. The SMILES string of the molecule is CCCCC(C)(C)C/C=C(/O)[C@H]1[C@@H]2C[C@@H](OCCCC(=O)O)C[C@@H]2C[C@@H]1O. The molecule has 27 heavy (non-hydrogen) atoms. The van der Waals surface area contributed by atoms with Crippen molar-refractivity contribution in [1.29, 1.82) is 0 Å². The highest BCUT2D eigenvalue weighted by atomic mass is 16.5. The second kappa shape index (κ2) is 9.92. The number of ether oxygens (including phenoxy) is 1. The van der Waals surface area contributed by atoms with E-state index >= 15 is 0 Å². The maximum atomic E-state index is 10.7. The van der Waals surface area contributed by atoms with Crippen LogP contribution in [0.15, 0.2) is 11.8 Å². The van der Waals surface area contributed by atoms with Crippen molar-refractivity contribution in [3.8, 4) is 0 Å². The molecule has 0 saturated heterocycles. The molecule has 2 aliphatic carbocycles. The number of carbonyl (C=O) groups is 1. The van der Waals surface area contributed by atoms with Crippen LogP contribution in [-0.4, -0.2) is 40.1 Å². The minimum absolute atomic E-state index is 0.123. The van der Waals surface area contributed by atoms with Crippen LogP contribution in [0.5, 0.6) is 0 Å². The van der Waals surface area contributed by atoms with Crippen LogP contribution in [0, 0.1) is 23.2 Å². The molecule has 0 amide bonds. The quantitative estimate of drug-likeness (QED) is 0.356. The Balaban J connectivity index is 1.87. The summed E-state index contributed by atoms with van der Waals surface area (Å²) in [4.78, 5) is 10.6. The predicted molar refractivity (Wildman–Crippen MR) is 106 cm³/mol. The third kappa shape index (κ3) is 6.49. The second-order valence-corrected chi connectivity index (χ2v) is 9.32. The minimum atomic E-state index is -0.790. The summed E-state index contributed by atoms with van der Waals surface area (Å²) in [6.45, 7) is 7.13. The standard InChI is InChI=1S/C22H38O5/c1-4-5-9-22(2,3)10-8-18(23)21-17-14-16(12-15(17)13-19(21)24)27-11-6-7-20(25)26/h8,15-17,19,21,23-24H,4-7,9-14H2,1-3H3,(H,25,26)/b18-8+/t15-,16+,17-,19+,21-/m1/s1. The van der Waals surface area contributed by atoms with Gasteiger partial charge in [-0.15, -0.1) is 0 Å². The monoisotopic (exact) mass is 382 g/mol. The van der Waals surface area contributed by atoms with Gasteiger partial charge in [0.1, 0.15) is 0 Å². The molecule has 2 aliphatic rings. The summed E-state index contributed by atoms with van der Waals surface area (Å²) in [6, 6.07) is 0. The lowest BCUT2D eigenvalue weighted by molar-refractivity contribution is -0.137. The van der Waals surface area contributed by atoms with Gasteiger partial charge in [-0.2, -0.15) is 0 Å². The van der Waals surface area contributed by atoms with E-state index in [0.717, 1.165) is 32.1 Å². The predicted octanol–water partition coefficient (Wildman–Crippen LogP) is 4.69. The number of allylic oxidation sites excluding steroid dienone is 1. The van der Waals surface area contributed by atoms with Crippen molar-refractivity contribution in [3.05, 3.63) is 11.8 Å². The Morgan fingerprint density at radius 1 is 1.19 bits per heavy atom. The molecule has 5 nitrogen and oxygen atoms in total. The number of carboxylic acids is 1. The van der Waals surface area contributed by atoms with E-state index in [2.05, 4.69) is 20.8 Å². The third-order valence-corrected chi connectivity index (χ3v) is 6.43. The highest BCUT2D eigenvalue weighted by Gasteiger charge is 2.49. The number of hydrogen-bond donors (Lipinski definition) is 3. The first-order valence-corrected chi connectivity index (χ1v) is 10.6. The first-order chi connectivity index (χ1) is 12.7. The Labute approximate surface area is 163 Å². The summed E-state index contributed by atoms with van der Waals surface area (Å²) in [7, 11) is 0. The zero-order chi connectivity index (χ0) is 20.0. The average Bonchev–Trinajstić information content (AvgIpc) is 3.10. The number of aliphatic carboxylic acids is 1. The number of rotatable bonds is 11. The first-order valence-electron chi connectivity index (χ1n) is 10.6. The Bertz CT molecular complexity index is 513. The van der Waals surface area contributed by atoms with E-state index in [4.69, 9.17) is 9.84 Å². The third-order valence-electron chi connectivity index (χ3n) is 6.43. The summed E-state index contributed by atoms with van der Waals surface area (Å²) >= 11 is 0. The fourth-order valence-electron chi connectivity index (χ4n) is 4.86. The Kier molecular flexibility index (Phi) is 8.17. The minimum Gasteiger partial charge on any atom is -0.512 e. The van der Waals surface area contributed by atoms with Gasteiger partial charge >= 0.3 is 5.97 Å². The molecule has 0 unspecified atom stereocenters. The fraction of sp³-hybridized carbons (Fsp3) is 0.864. The van der Waals surface area contributed by atoms with Gasteiger partial charge in [-0.25, -0.2) is 0 Å². The van der Waals surface area contributed by atoms with Crippen LogP contribution in [0.2, 0.25) is 0 Å². The summed E-state index contributed by atoms with van der Waals surface area (Å²) in [5.41, 5.74) is 0.165. The molecule has 5 heteroatoms. The lowest BCUT2D eigenvalue weighted by atomic mass is 9.82. The van der Waals surface area contributed by atoms with Crippen LogP contribution in [0.1, 0.15) is 78.6 Å². The van der Waals surface area contributed by atoms with Gasteiger partial charge in [0.05, 0.1) is 18.0 Å². The van der Waals surface area contributed by atoms with Crippen molar-refractivity contribution in [2.24, 2.45) is 23.2 Å². The summed E-state index contributed by atoms with van der Waals surface area (Å²) in [5.74, 6) is 0.0373. The van der Waals surface area contributed by atoms with Gasteiger partial charge in [0.2, 0.25) is 0 Å². The van der Waals surface area contributed by atoms with Gasteiger partial charge in [-0.1, -0.05) is 33.6 Å². The summed E-state index contributed by atoms with van der Waals surface area (Å²) < 4.78 is 5.87. The van der Waals surface area contributed by atoms with Gasteiger partial charge in [0.15, 0.2) is 0 Å². The Hall–Kier alpha value is -1.07. The van der Waals surface area contributed by atoms with Crippen molar-refractivity contribution < 1.29 is 24.9 Å². The second-order valence-electron chi connectivity index (χ2n) is 9.32. The molecule has 0 aromatic heterocycles. The van der Waals surface area contributed by atoms with Gasteiger partial charge < -0.3 is 20.1 Å². The highest BCUT2D eigenvalue weighted by Crippen LogP contribution is 2.50. The first kappa shape index (κ1) is 22.2. The molecule has 0 aromatic carbocycles. The van der Waals surface area contributed by atoms with Crippen LogP contribution in [0.25, 0.3) is 0 Å². The lowest BCUT2D eigenvalue weighted by Gasteiger charge is -2.25. The van der Waals surface area contributed by atoms with Crippen LogP contribution >= 0.6 is 0 Å². The van der Waals surface area contributed by atoms with Gasteiger partial charge in [0.25, 0.3) is 0 Å². The maximum absolute atomic E-state index is 10.7. The van der Waals surface area contributed by atoms with Crippen molar-refractivity contribution in [2.45, 2.75) is 90.8 Å². The molecular weight excluding hydrogens is 344 g/mol. The zero-order valence-corrected chi connectivity index (χ0v) is 17.2. The van der Waals surface area contributed by atoms with Crippen molar-refractivity contribution in [3.63, 3.8) is 0 Å². The van der Waals surface area contributed by atoms with Crippen LogP contribution in [-0.2, 0) is 9.53 Å². The van der Waals surface area contributed by atoms with Crippen LogP contribution < -0.4 is 0 Å². The number of hydrogen-bond acceptors (Lipinski definition) is 4. The van der Waals surface area contributed by atoms with E-state index in [-0.39, 0.29) is 29.8 Å². The topological polar surface area (TPSA) is 87.0 Å². The van der Waals surface area contributed by atoms with Gasteiger partial charge in [-0.05, 0) is 61.9 Å². The maximum Gasteiger partial charge on any atom is 0.303 e. The highest BCUT2D eigenvalue weighted by molar-refractivity contribution is 5.66. The molecule has 0 aromatic rings. The average molecular weight is 383 g/mol. The molecule has 2 fully saturated rings. The van der Waals surface area contributed by atoms with Crippen molar-refractivity contribution in [1.82, 2.24) is 0 Å². The number of carboxylic acid groups (broad SMARTS) is 1. The Morgan fingerprint density at radius 2 is 1.93 bits per heavy atom. The van der Waals surface area contributed by atoms with E-state index < -0.39 is 12.1 Å². The summed E-state index contributed by atoms with van der Waals surface area (Å²) in [5, 5.41) is 29.9. The molecule has 0 spiro atoms. The largest absolute Gasteiger partial charge is 0.512 e. The fourth-order valence-corrected chi connectivity index (χ4v) is 4.86. The summed E-state index contributed by atoms with van der Waals surface area (Å²) in [6.07, 6.45) is 9.07. The van der Waals surface area contributed by atoms with Gasteiger partial charge in [-0.3, -0.25) is 4.79 Å². The number of aliphatic hydroxyl groups excluding tert-OH is 2. The molecule has 156 valence electrons. The molecular formula is C22H38O5. The molecule has 2 rings (SSSR count). The lowest BCUT2D eigenvalue weighted by Crippen LogP contribution is -2.24. The number of aliphatic hydroxyl groups is 2. The van der Waals surface area contributed by atoms with E-state index in [1.54, 1.807) is 0 Å². The van der Waals surface area contributed by atoms with E-state index in [1.807, 2.05) is 6.08 Å². The van der Waals surface area contributed by atoms with Crippen LogP contribution in [0.3, 0.4) is 0 Å². The molecule has 5 atom stereocenters.